The Bertz CT molecular complexity index is 875. The third-order valence-electron chi connectivity index (χ3n) is 4.41. The van der Waals surface area contributed by atoms with Crippen LogP contribution >= 0.6 is 0 Å². The van der Waals surface area contributed by atoms with Crippen LogP contribution in [-0.2, 0) is 0 Å². The van der Waals surface area contributed by atoms with Crippen LogP contribution in [0.1, 0.15) is 12.8 Å². The highest BCUT2D eigenvalue weighted by Crippen LogP contribution is 2.24. The molecule has 0 amide bonds. The van der Waals surface area contributed by atoms with Gasteiger partial charge in [0, 0.05) is 30.5 Å². The highest BCUT2D eigenvalue weighted by Gasteiger charge is 2.11. The number of hydrogen-bond acceptors (Lipinski definition) is 5. The number of nitrogens with zero attached hydrogens (tertiary/aromatic N) is 3. The molecule has 1 aliphatic rings. The fourth-order valence-corrected chi connectivity index (χ4v) is 3.07. The predicted molar refractivity (Wildman–Crippen MR) is 103 cm³/mol. The van der Waals surface area contributed by atoms with E-state index in [0.717, 1.165) is 18.8 Å². The molecule has 26 heavy (non-hydrogen) atoms. The van der Waals surface area contributed by atoms with Gasteiger partial charge in [0.2, 0.25) is 0 Å². The van der Waals surface area contributed by atoms with Crippen molar-refractivity contribution in [1.82, 2.24) is 9.97 Å². The molecular formula is C20H20FN5. The van der Waals surface area contributed by atoms with Gasteiger partial charge >= 0.3 is 0 Å². The zero-order chi connectivity index (χ0) is 17.8. The summed E-state index contributed by atoms with van der Waals surface area (Å²) in [4.78, 5) is 10.8. The molecule has 3 aromatic rings. The summed E-state index contributed by atoms with van der Waals surface area (Å²) in [6.07, 6.45) is 3.97. The van der Waals surface area contributed by atoms with Crippen molar-refractivity contribution in [2.75, 3.05) is 28.6 Å². The Hall–Kier alpha value is -3.15. The Morgan fingerprint density at radius 3 is 2.27 bits per heavy atom. The summed E-state index contributed by atoms with van der Waals surface area (Å²) in [6.45, 7) is 2.26. The van der Waals surface area contributed by atoms with Crippen LogP contribution in [0.4, 0.5) is 33.1 Å². The van der Waals surface area contributed by atoms with Gasteiger partial charge in [0.05, 0.1) is 5.69 Å². The first-order valence-corrected chi connectivity index (χ1v) is 8.73. The summed E-state index contributed by atoms with van der Waals surface area (Å²) in [5, 5.41) is 6.23. The second-order valence-electron chi connectivity index (χ2n) is 6.26. The summed E-state index contributed by atoms with van der Waals surface area (Å²) in [6, 6.07) is 16.6. The molecule has 6 heteroatoms. The lowest BCUT2D eigenvalue weighted by Crippen LogP contribution is -2.17. The highest BCUT2D eigenvalue weighted by molar-refractivity contribution is 5.64. The Morgan fingerprint density at radius 2 is 1.54 bits per heavy atom. The zero-order valence-electron chi connectivity index (χ0n) is 14.3. The molecule has 0 atom stereocenters. The maximum Gasteiger partial charge on any atom is 0.146 e. The van der Waals surface area contributed by atoms with Crippen molar-refractivity contribution in [3.63, 3.8) is 0 Å². The number of hydrogen-bond donors (Lipinski definition) is 2. The molecule has 2 aromatic carbocycles. The highest BCUT2D eigenvalue weighted by atomic mass is 19.1. The van der Waals surface area contributed by atoms with Gasteiger partial charge < -0.3 is 15.5 Å². The Labute approximate surface area is 151 Å². The molecule has 0 unspecified atom stereocenters. The van der Waals surface area contributed by atoms with Crippen LogP contribution in [0.2, 0.25) is 0 Å². The van der Waals surface area contributed by atoms with Gasteiger partial charge in [-0.05, 0) is 49.2 Å². The van der Waals surface area contributed by atoms with Crippen LogP contribution < -0.4 is 15.5 Å². The topological polar surface area (TPSA) is 53.1 Å². The summed E-state index contributed by atoms with van der Waals surface area (Å²) < 4.78 is 13.8. The fraction of sp³-hybridized carbons (Fsp3) is 0.200. The van der Waals surface area contributed by atoms with E-state index in [1.807, 2.05) is 12.1 Å². The first kappa shape index (κ1) is 16.3. The van der Waals surface area contributed by atoms with Crippen molar-refractivity contribution in [3.8, 4) is 0 Å². The maximum absolute atomic E-state index is 13.8. The van der Waals surface area contributed by atoms with Crippen LogP contribution in [-0.4, -0.2) is 23.1 Å². The third-order valence-corrected chi connectivity index (χ3v) is 4.41. The second kappa shape index (κ2) is 7.39. The van der Waals surface area contributed by atoms with Crippen molar-refractivity contribution < 1.29 is 4.39 Å². The Kier molecular flexibility index (Phi) is 4.64. The van der Waals surface area contributed by atoms with Gasteiger partial charge in [-0.3, -0.25) is 0 Å². The molecule has 0 aliphatic carbocycles. The maximum atomic E-state index is 13.8. The van der Waals surface area contributed by atoms with E-state index in [-0.39, 0.29) is 5.82 Å². The van der Waals surface area contributed by atoms with Gasteiger partial charge in [0.25, 0.3) is 0 Å². The smallest absolute Gasteiger partial charge is 0.146 e. The number of nitrogens with one attached hydrogen (secondary N) is 2. The average Bonchev–Trinajstić information content (AvgIpc) is 3.19. The Morgan fingerprint density at radius 1 is 0.846 bits per heavy atom. The molecule has 2 heterocycles. The van der Waals surface area contributed by atoms with Crippen LogP contribution in [0, 0.1) is 5.82 Å². The minimum absolute atomic E-state index is 0.321. The van der Waals surface area contributed by atoms with Gasteiger partial charge in [0.1, 0.15) is 23.8 Å². The molecule has 1 aliphatic heterocycles. The molecule has 0 saturated carbocycles. The van der Waals surface area contributed by atoms with Gasteiger partial charge in [-0.1, -0.05) is 12.1 Å². The van der Waals surface area contributed by atoms with Crippen molar-refractivity contribution in [3.05, 3.63) is 66.7 Å². The predicted octanol–water partition coefficient (Wildman–Crippen LogP) is 4.70. The third kappa shape index (κ3) is 3.74. The van der Waals surface area contributed by atoms with E-state index >= 15 is 0 Å². The summed E-state index contributed by atoms with van der Waals surface area (Å²) in [5.41, 5.74) is 2.58. The summed E-state index contributed by atoms with van der Waals surface area (Å²) in [5.74, 6) is 0.854. The summed E-state index contributed by atoms with van der Waals surface area (Å²) in [7, 11) is 0. The largest absolute Gasteiger partial charge is 0.372 e. The second-order valence-corrected chi connectivity index (χ2v) is 6.26. The number of benzene rings is 2. The number of anilines is 5. The minimum atomic E-state index is -0.321. The normalized spacial score (nSPS) is 13.7. The van der Waals surface area contributed by atoms with Gasteiger partial charge in [0.15, 0.2) is 0 Å². The standard InChI is InChI=1S/C20H20FN5/c21-17-5-1-2-6-18(17)25-20-13-19(22-14-23-20)24-15-7-9-16(10-8-15)26-11-3-4-12-26/h1-2,5-10,13-14H,3-4,11-12H2,(H2,22,23,24,25). The van der Waals surface area contributed by atoms with Crippen LogP contribution in [0.25, 0.3) is 0 Å². The van der Waals surface area contributed by atoms with Crippen molar-refractivity contribution in [2.45, 2.75) is 12.8 Å². The van der Waals surface area contributed by atoms with E-state index < -0.39 is 0 Å². The summed E-state index contributed by atoms with van der Waals surface area (Å²) >= 11 is 0. The molecule has 0 radical (unpaired) electrons. The number of aromatic nitrogens is 2. The van der Waals surface area contributed by atoms with E-state index in [4.69, 9.17) is 0 Å². The number of rotatable bonds is 5. The molecule has 5 nitrogen and oxygen atoms in total. The quantitative estimate of drug-likeness (QED) is 0.699. The first-order chi connectivity index (χ1) is 12.8. The van der Waals surface area contributed by atoms with Gasteiger partial charge in [-0.2, -0.15) is 0 Å². The lowest BCUT2D eigenvalue weighted by atomic mass is 10.2. The molecule has 2 N–H and O–H groups in total. The Balaban J connectivity index is 1.46. The van der Waals surface area contributed by atoms with Crippen LogP contribution in [0.5, 0.6) is 0 Å². The first-order valence-electron chi connectivity index (χ1n) is 8.73. The molecule has 1 aromatic heterocycles. The van der Waals surface area contributed by atoms with E-state index in [1.54, 1.807) is 24.3 Å². The van der Waals surface area contributed by atoms with Crippen LogP contribution in [0.3, 0.4) is 0 Å². The van der Waals surface area contributed by atoms with Crippen molar-refractivity contribution in [2.24, 2.45) is 0 Å². The van der Waals surface area contributed by atoms with E-state index in [0.29, 0.717) is 17.3 Å². The molecule has 1 saturated heterocycles. The van der Waals surface area contributed by atoms with E-state index in [1.165, 1.54) is 30.9 Å². The lowest BCUT2D eigenvalue weighted by molar-refractivity contribution is 0.632. The fourth-order valence-electron chi connectivity index (χ4n) is 3.07. The number of para-hydroxylation sites is 1. The number of halogens is 1. The van der Waals surface area contributed by atoms with Gasteiger partial charge in [-0.25, -0.2) is 14.4 Å². The van der Waals surface area contributed by atoms with E-state index in [9.17, 15) is 4.39 Å². The minimum Gasteiger partial charge on any atom is -0.372 e. The molecular weight excluding hydrogens is 329 g/mol. The average molecular weight is 349 g/mol. The lowest BCUT2D eigenvalue weighted by Gasteiger charge is -2.18. The monoisotopic (exact) mass is 349 g/mol. The van der Waals surface area contributed by atoms with Gasteiger partial charge in [-0.15, -0.1) is 0 Å². The molecule has 132 valence electrons. The molecule has 0 bridgehead atoms. The van der Waals surface area contributed by atoms with Crippen LogP contribution in [0.15, 0.2) is 60.9 Å². The SMILES string of the molecule is Fc1ccccc1Nc1cc(Nc2ccc(N3CCCC3)cc2)ncn1. The molecule has 4 rings (SSSR count). The van der Waals surface area contributed by atoms with Crippen molar-refractivity contribution >= 4 is 28.7 Å². The zero-order valence-corrected chi connectivity index (χ0v) is 14.3. The molecule has 1 fully saturated rings. The van der Waals surface area contributed by atoms with E-state index in [2.05, 4.69) is 37.6 Å². The molecule has 0 spiro atoms. The van der Waals surface area contributed by atoms with Crippen molar-refractivity contribution in [1.29, 1.82) is 0 Å².